The lowest BCUT2D eigenvalue weighted by Crippen LogP contribution is -2.32. The summed E-state index contributed by atoms with van der Waals surface area (Å²) >= 11 is 0. The third kappa shape index (κ3) is 14.0. The zero-order chi connectivity index (χ0) is 14.7. The van der Waals surface area contributed by atoms with Gasteiger partial charge in [-0.15, -0.1) is 11.8 Å². The Morgan fingerprint density at radius 1 is 1.26 bits per heavy atom. The Bertz CT molecular complexity index is 357. The third-order valence-corrected chi connectivity index (χ3v) is 1.80. The molecule has 0 rings (SSSR count). The zero-order valence-corrected chi connectivity index (χ0v) is 12.0. The number of alkyl carbamates (subject to hydrolysis) is 1. The van der Waals surface area contributed by atoms with Crippen molar-refractivity contribution in [3.63, 3.8) is 0 Å². The molecule has 0 radical (unpaired) electrons. The summed E-state index contributed by atoms with van der Waals surface area (Å²) in [5.74, 6) is 6.05. The third-order valence-electron chi connectivity index (χ3n) is 1.80. The van der Waals surface area contributed by atoms with Gasteiger partial charge in [0, 0.05) is 25.9 Å². The van der Waals surface area contributed by atoms with Crippen molar-refractivity contribution in [2.24, 2.45) is 16.5 Å². The predicted molar refractivity (Wildman–Crippen MR) is 76.5 cm³/mol. The number of nitrogens with one attached hydrogen (secondary N) is 1. The molecule has 0 spiro atoms. The summed E-state index contributed by atoms with van der Waals surface area (Å²) in [5, 5.41) is 2.64. The Morgan fingerprint density at radius 3 is 2.47 bits per heavy atom. The first-order chi connectivity index (χ1) is 8.81. The van der Waals surface area contributed by atoms with Crippen LogP contribution in [0.25, 0.3) is 0 Å². The summed E-state index contributed by atoms with van der Waals surface area (Å²) in [6, 6.07) is 0. The van der Waals surface area contributed by atoms with Crippen LogP contribution in [0.15, 0.2) is 4.99 Å². The maximum absolute atomic E-state index is 11.3. The molecule has 0 saturated heterocycles. The number of nitrogens with zero attached hydrogens (tertiary/aromatic N) is 1. The molecule has 0 aliphatic carbocycles. The van der Waals surface area contributed by atoms with Crippen molar-refractivity contribution in [2.75, 3.05) is 13.1 Å². The molecule has 0 aliphatic heterocycles. The maximum Gasteiger partial charge on any atom is 0.407 e. The van der Waals surface area contributed by atoms with E-state index in [-0.39, 0.29) is 5.96 Å². The summed E-state index contributed by atoms with van der Waals surface area (Å²) < 4.78 is 5.08. The summed E-state index contributed by atoms with van der Waals surface area (Å²) in [4.78, 5) is 15.1. The molecule has 0 fully saturated rings. The number of hydrogen-bond acceptors (Lipinski definition) is 3. The van der Waals surface area contributed by atoms with Crippen LogP contribution in [0.3, 0.4) is 0 Å². The monoisotopic (exact) mass is 268 g/mol. The molecule has 0 heterocycles. The van der Waals surface area contributed by atoms with Gasteiger partial charge in [0.05, 0.1) is 0 Å². The van der Waals surface area contributed by atoms with Gasteiger partial charge < -0.3 is 21.5 Å². The molecule has 0 atom stereocenters. The first-order valence-electron chi connectivity index (χ1n) is 6.29. The molecule has 0 unspecified atom stereocenters. The molecule has 0 saturated carbocycles. The molecular weight excluding hydrogens is 244 g/mol. The Hall–Kier alpha value is -1.90. The van der Waals surface area contributed by atoms with Crippen LogP contribution in [0.2, 0.25) is 0 Å². The molecule has 5 N–H and O–H groups in total. The summed E-state index contributed by atoms with van der Waals surface area (Å²) in [5.41, 5.74) is 9.90. The van der Waals surface area contributed by atoms with Gasteiger partial charge in [-0.1, -0.05) is 0 Å². The van der Waals surface area contributed by atoms with Gasteiger partial charge in [0.15, 0.2) is 5.96 Å². The van der Waals surface area contributed by atoms with Crippen molar-refractivity contribution in [1.29, 1.82) is 0 Å². The molecule has 19 heavy (non-hydrogen) atoms. The molecule has 1 amide bonds. The minimum absolute atomic E-state index is 0.106. The second-order valence-corrected chi connectivity index (χ2v) is 4.94. The van der Waals surface area contributed by atoms with Crippen LogP contribution in [-0.2, 0) is 4.74 Å². The number of ether oxygens (including phenoxy) is 1. The number of carbonyl (C=O) groups is 1. The van der Waals surface area contributed by atoms with Gasteiger partial charge in [0.2, 0.25) is 0 Å². The van der Waals surface area contributed by atoms with Gasteiger partial charge in [0.1, 0.15) is 5.60 Å². The molecule has 0 bridgehead atoms. The first kappa shape index (κ1) is 17.1. The van der Waals surface area contributed by atoms with Crippen LogP contribution in [0.1, 0.15) is 40.0 Å². The van der Waals surface area contributed by atoms with Crippen LogP contribution in [0.4, 0.5) is 4.79 Å². The largest absolute Gasteiger partial charge is 0.444 e. The van der Waals surface area contributed by atoms with Crippen molar-refractivity contribution in [1.82, 2.24) is 5.32 Å². The number of carbonyl (C=O) groups excluding carboxylic acids is 1. The van der Waals surface area contributed by atoms with Gasteiger partial charge in [-0.25, -0.2) is 4.79 Å². The topological polar surface area (TPSA) is 103 Å². The lowest BCUT2D eigenvalue weighted by atomic mass is 10.2. The maximum atomic E-state index is 11.3. The van der Waals surface area contributed by atoms with E-state index in [0.29, 0.717) is 19.5 Å². The van der Waals surface area contributed by atoms with E-state index in [9.17, 15) is 4.79 Å². The highest BCUT2D eigenvalue weighted by Crippen LogP contribution is 2.06. The summed E-state index contributed by atoms with van der Waals surface area (Å²) in [6.07, 6.45) is 1.75. The minimum atomic E-state index is -0.471. The summed E-state index contributed by atoms with van der Waals surface area (Å²) in [6.45, 7) is 6.54. The van der Waals surface area contributed by atoms with Gasteiger partial charge >= 0.3 is 6.09 Å². The van der Waals surface area contributed by atoms with E-state index in [1.54, 1.807) is 0 Å². The SMILES string of the molecule is CC(C)(C)OC(=O)NCCC#CCCCN=C(N)N. The van der Waals surface area contributed by atoms with E-state index in [0.717, 1.165) is 12.8 Å². The number of unbranched alkanes of at least 4 members (excludes halogenated alkanes) is 1. The Balaban J connectivity index is 3.55. The van der Waals surface area contributed by atoms with Gasteiger partial charge in [-0.05, 0) is 27.2 Å². The zero-order valence-electron chi connectivity index (χ0n) is 12.0. The number of rotatable bonds is 5. The molecule has 0 aromatic rings. The fraction of sp³-hybridized carbons (Fsp3) is 0.692. The van der Waals surface area contributed by atoms with E-state index in [1.165, 1.54) is 0 Å². The molecule has 108 valence electrons. The number of amides is 1. The van der Waals surface area contributed by atoms with Crippen LogP contribution in [-0.4, -0.2) is 30.7 Å². The Kier molecular flexibility index (Phi) is 8.18. The van der Waals surface area contributed by atoms with Gasteiger partial charge in [-0.2, -0.15) is 0 Å². The average Bonchev–Trinajstić information content (AvgIpc) is 2.24. The van der Waals surface area contributed by atoms with Crippen molar-refractivity contribution >= 4 is 12.1 Å². The first-order valence-corrected chi connectivity index (χ1v) is 6.29. The normalized spacial score (nSPS) is 10.1. The Morgan fingerprint density at radius 2 is 1.89 bits per heavy atom. The van der Waals surface area contributed by atoms with Gasteiger partial charge in [0.25, 0.3) is 0 Å². The fourth-order valence-corrected chi connectivity index (χ4v) is 1.09. The molecule has 0 aliphatic rings. The fourth-order valence-electron chi connectivity index (χ4n) is 1.09. The van der Waals surface area contributed by atoms with E-state index in [2.05, 4.69) is 22.2 Å². The molecular formula is C13H24N4O2. The highest BCUT2D eigenvalue weighted by Gasteiger charge is 2.14. The Labute approximate surface area is 115 Å². The predicted octanol–water partition coefficient (Wildman–Crippen LogP) is 0.958. The smallest absolute Gasteiger partial charge is 0.407 e. The molecule has 0 aromatic carbocycles. The second-order valence-electron chi connectivity index (χ2n) is 4.94. The number of guanidine groups is 1. The van der Waals surface area contributed by atoms with E-state index in [4.69, 9.17) is 16.2 Å². The average molecular weight is 268 g/mol. The van der Waals surface area contributed by atoms with Crippen LogP contribution < -0.4 is 16.8 Å². The molecule has 6 heteroatoms. The van der Waals surface area contributed by atoms with Crippen LogP contribution >= 0.6 is 0 Å². The molecule has 0 aromatic heterocycles. The highest BCUT2D eigenvalue weighted by molar-refractivity contribution is 5.75. The second kappa shape index (κ2) is 9.09. The van der Waals surface area contributed by atoms with Crippen LogP contribution in [0, 0.1) is 11.8 Å². The number of nitrogens with two attached hydrogens (primary N) is 2. The standard InChI is InChI=1S/C13H24N4O2/c1-13(2,3)19-12(18)17-10-8-6-4-5-7-9-16-11(14)15/h5,7-10H2,1-3H3,(H,17,18)(H4,14,15,16). The minimum Gasteiger partial charge on any atom is -0.444 e. The van der Waals surface area contributed by atoms with Crippen molar-refractivity contribution < 1.29 is 9.53 Å². The lowest BCUT2D eigenvalue weighted by Gasteiger charge is -2.19. The van der Waals surface area contributed by atoms with E-state index < -0.39 is 11.7 Å². The van der Waals surface area contributed by atoms with E-state index in [1.807, 2.05) is 20.8 Å². The number of hydrogen-bond donors (Lipinski definition) is 3. The van der Waals surface area contributed by atoms with Crippen molar-refractivity contribution in [2.45, 2.75) is 45.6 Å². The lowest BCUT2D eigenvalue weighted by molar-refractivity contribution is 0.0529. The van der Waals surface area contributed by atoms with Gasteiger partial charge in [-0.3, -0.25) is 4.99 Å². The number of aliphatic imine (C=N–C) groups is 1. The van der Waals surface area contributed by atoms with E-state index >= 15 is 0 Å². The highest BCUT2D eigenvalue weighted by atomic mass is 16.6. The molecule has 6 nitrogen and oxygen atoms in total. The summed E-state index contributed by atoms with van der Waals surface area (Å²) in [7, 11) is 0. The van der Waals surface area contributed by atoms with Crippen LogP contribution in [0.5, 0.6) is 0 Å². The quantitative estimate of drug-likeness (QED) is 0.299. The van der Waals surface area contributed by atoms with Crippen molar-refractivity contribution in [3.05, 3.63) is 0 Å². The van der Waals surface area contributed by atoms with Crippen molar-refractivity contribution in [3.8, 4) is 11.8 Å².